The molecule has 4 rings (SSSR count). The standard InChI is InChI=1S/C21H19F3N4O3/c1-2-30-16-4-3-5-17(31-11-21(22,23)24)18(16)19-25-8-7-14(28-19)15-10-12-13(27-15)6-9-26-20(12)29/h3-5,7-8,10,27H,2,6,9,11H2,1H3,(H,26,29). The lowest BCUT2D eigenvalue weighted by molar-refractivity contribution is -0.153. The maximum atomic E-state index is 12.7. The third-order valence-electron chi connectivity index (χ3n) is 4.64. The lowest BCUT2D eigenvalue weighted by Gasteiger charge is -2.16. The molecule has 2 aromatic heterocycles. The van der Waals surface area contributed by atoms with Crippen LogP contribution in [0.2, 0.25) is 0 Å². The number of ether oxygens (including phenoxy) is 2. The molecule has 1 amide bonds. The van der Waals surface area contributed by atoms with Gasteiger partial charge in [-0.2, -0.15) is 13.2 Å². The largest absolute Gasteiger partial charge is 0.493 e. The molecule has 0 radical (unpaired) electrons. The van der Waals surface area contributed by atoms with E-state index in [1.54, 1.807) is 31.2 Å². The summed E-state index contributed by atoms with van der Waals surface area (Å²) in [4.78, 5) is 24.0. The average Bonchev–Trinajstić information content (AvgIpc) is 3.18. The van der Waals surface area contributed by atoms with Crippen molar-refractivity contribution >= 4 is 5.91 Å². The number of benzene rings is 1. The van der Waals surface area contributed by atoms with Gasteiger partial charge in [0, 0.05) is 24.9 Å². The van der Waals surface area contributed by atoms with Crippen LogP contribution in [0.15, 0.2) is 36.5 Å². The molecular weight excluding hydrogens is 413 g/mol. The van der Waals surface area contributed by atoms with Crippen molar-refractivity contribution in [3.8, 4) is 34.3 Å². The summed E-state index contributed by atoms with van der Waals surface area (Å²) in [6, 6.07) is 7.93. The highest BCUT2D eigenvalue weighted by atomic mass is 19.4. The topological polar surface area (TPSA) is 89.1 Å². The Morgan fingerprint density at radius 3 is 2.65 bits per heavy atom. The predicted molar refractivity (Wildman–Crippen MR) is 106 cm³/mol. The molecule has 0 aliphatic carbocycles. The number of carbonyl (C=O) groups is 1. The summed E-state index contributed by atoms with van der Waals surface area (Å²) < 4.78 is 48.8. The Balaban J connectivity index is 1.76. The van der Waals surface area contributed by atoms with Crippen LogP contribution in [-0.2, 0) is 6.42 Å². The van der Waals surface area contributed by atoms with E-state index in [0.717, 1.165) is 5.69 Å². The van der Waals surface area contributed by atoms with Crippen molar-refractivity contribution in [1.29, 1.82) is 0 Å². The van der Waals surface area contributed by atoms with Gasteiger partial charge in [0.15, 0.2) is 12.4 Å². The van der Waals surface area contributed by atoms with Crippen LogP contribution in [0.1, 0.15) is 23.0 Å². The number of hydrogen-bond donors (Lipinski definition) is 2. The van der Waals surface area contributed by atoms with Gasteiger partial charge >= 0.3 is 6.18 Å². The van der Waals surface area contributed by atoms with Crippen molar-refractivity contribution in [2.24, 2.45) is 0 Å². The van der Waals surface area contributed by atoms with Crippen molar-refractivity contribution in [2.75, 3.05) is 19.8 Å². The SMILES string of the molecule is CCOc1cccc(OCC(F)(F)F)c1-c1nccc(-c2cc3c([nH]2)CCNC3=O)n1. The average molecular weight is 432 g/mol. The molecule has 0 unspecified atom stereocenters. The summed E-state index contributed by atoms with van der Waals surface area (Å²) in [6.07, 6.45) is -2.33. The van der Waals surface area contributed by atoms with Gasteiger partial charge in [-0.05, 0) is 31.2 Å². The quantitative estimate of drug-likeness (QED) is 0.619. The molecule has 0 spiro atoms. The number of H-pyrrole nitrogens is 1. The van der Waals surface area contributed by atoms with Crippen molar-refractivity contribution < 1.29 is 27.4 Å². The molecule has 0 atom stereocenters. The Bertz CT molecular complexity index is 1110. The maximum Gasteiger partial charge on any atom is 0.422 e. The number of hydrogen-bond acceptors (Lipinski definition) is 5. The highest BCUT2D eigenvalue weighted by Crippen LogP contribution is 2.38. The molecular formula is C21H19F3N4O3. The van der Waals surface area contributed by atoms with Crippen LogP contribution in [-0.4, -0.2) is 46.8 Å². The van der Waals surface area contributed by atoms with E-state index < -0.39 is 12.8 Å². The molecule has 10 heteroatoms. The molecule has 1 aromatic carbocycles. The highest BCUT2D eigenvalue weighted by molar-refractivity contribution is 5.97. The lowest BCUT2D eigenvalue weighted by Crippen LogP contribution is -2.31. The second kappa shape index (κ2) is 8.29. The minimum absolute atomic E-state index is 0.0365. The number of fused-ring (bicyclic) bond motifs is 1. The number of nitrogens with one attached hydrogen (secondary N) is 2. The van der Waals surface area contributed by atoms with Gasteiger partial charge in [0.1, 0.15) is 17.1 Å². The second-order valence-corrected chi connectivity index (χ2v) is 6.81. The van der Waals surface area contributed by atoms with Gasteiger partial charge < -0.3 is 19.8 Å². The van der Waals surface area contributed by atoms with Gasteiger partial charge in [0.2, 0.25) is 0 Å². The fourth-order valence-electron chi connectivity index (χ4n) is 3.35. The van der Waals surface area contributed by atoms with Crippen molar-refractivity contribution in [2.45, 2.75) is 19.5 Å². The van der Waals surface area contributed by atoms with E-state index in [1.165, 1.54) is 12.3 Å². The van der Waals surface area contributed by atoms with Crippen LogP contribution in [0, 0.1) is 0 Å². The first-order valence-electron chi connectivity index (χ1n) is 9.65. The van der Waals surface area contributed by atoms with Crippen LogP contribution in [0.4, 0.5) is 13.2 Å². The Morgan fingerprint density at radius 1 is 1.16 bits per heavy atom. The molecule has 7 nitrogen and oxygen atoms in total. The third kappa shape index (κ3) is 4.47. The summed E-state index contributed by atoms with van der Waals surface area (Å²) in [5, 5.41) is 2.78. The second-order valence-electron chi connectivity index (χ2n) is 6.81. The number of alkyl halides is 3. The number of amides is 1. The fourth-order valence-corrected chi connectivity index (χ4v) is 3.35. The zero-order valence-electron chi connectivity index (χ0n) is 16.5. The lowest BCUT2D eigenvalue weighted by atomic mass is 10.1. The molecule has 31 heavy (non-hydrogen) atoms. The molecule has 0 saturated carbocycles. The summed E-state index contributed by atoms with van der Waals surface area (Å²) in [5.41, 5.74) is 2.68. The monoisotopic (exact) mass is 432 g/mol. The predicted octanol–water partition coefficient (Wildman–Crippen LogP) is 3.76. The summed E-state index contributed by atoms with van der Waals surface area (Å²) in [6.45, 7) is 1.16. The van der Waals surface area contributed by atoms with Gasteiger partial charge in [-0.25, -0.2) is 9.97 Å². The fraction of sp³-hybridized carbons (Fsp3) is 0.286. The van der Waals surface area contributed by atoms with Crippen LogP contribution < -0.4 is 14.8 Å². The molecule has 3 heterocycles. The maximum absolute atomic E-state index is 12.7. The zero-order valence-corrected chi connectivity index (χ0v) is 16.5. The molecule has 0 fully saturated rings. The number of rotatable bonds is 6. The molecule has 1 aliphatic heterocycles. The molecule has 2 N–H and O–H groups in total. The molecule has 162 valence electrons. The van der Waals surface area contributed by atoms with Crippen molar-refractivity contribution in [1.82, 2.24) is 20.3 Å². The number of aromatic amines is 1. The number of nitrogens with zero attached hydrogens (tertiary/aromatic N) is 2. The molecule has 0 saturated heterocycles. The summed E-state index contributed by atoms with van der Waals surface area (Å²) in [5.74, 6) is 0.258. The minimum atomic E-state index is -4.49. The normalized spacial score (nSPS) is 13.5. The Morgan fingerprint density at radius 2 is 1.94 bits per heavy atom. The minimum Gasteiger partial charge on any atom is -0.493 e. The Labute approximate surface area is 175 Å². The number of halogens is 3. The van der Waals surface area contributed by atoms with E-state index >= 15 is 0 Å². The van der Waals surface area contributed by atoms with E-state index in [9.17, 15) is 18.0 Å². The molecule has 3 aromatic rings. The molecule has 1 aliphatic rings. The van der Waals surface area contributed by atoms with E-state index in [1.807, 2.05) is 0 Å². The smallest absolute Gasteiger partial charge is 0.422 e. The first kappa shape index (κ1) is 20.7. The van der Waals surface area contributed by atoms with E-state index in [2.05, 4.69) is 20.3 Å². The number of carbonyl (C=O) groups excluding carboxylic acids is 1. The highest BCUT2D eigenvalue weighted by Gasteiger charge is 2.30. The van der Waals surface area contributed by atoms with E-state index in [0.29, 0.717) is 42.3 Å². The van der Waals surface area contributed by atoms with Gasteiger partial charge in [0.25, 0.3) is 5.91 Å². The van der Waals surface area contributed by atoms with Gasteiger partial charge in [-0.1, -0.05) is 6.07 Å². The first-order valence-corrected chi connectivity index (χ1v) is 9.65. The third-order valence-corrected chi connectivity index (χ3v) is 4.64. The van der Waals surface area contributed by atoms with Crippen LogP contribution in [0.25, 0.3) is 22.8 Å². The van der Waals surface area contributed by atoms with Crippen LogP contribution >= 0.6 is 0 Å². The van der Waals surface area contributed by atoms with Crippen molar-refractivity contribution in [3.63, 3.8) is 0 Å². The first-order chi connectivity index (χ1) is 14.9. The van der Waals surface area contributed by atoms with E-state index in [-0.39, 0.29) is 23.0 Å². The van der Waals surface area contributed by atoms with Crippen molar-refractivity contribution in [3.05, 3.63) is 47.8 Å². The Kier molecular flexibility index (Phi) is 5.53. The van der Waals surface area contributed by atoms with E-state index in [4.69, 9.17) is 9.47 Å². The van der Waals surface area contributed by atoms with Gasteiger partial charge in [-0.15, -0.1) is 0 Å². The van der Waals surface area contributed by atoms with Crippen LogP contribution in [0.5, 0.6) is 11.5 Å². The van der Waals surface area contributed by atoms with Gasteiger partial charge in [-0.3, -0.25) is 4.79 Å². The van der Waals surface area contributed by atoms with Gasteiger partial charge in [0.05, 0.1) is 23.6 Å². The number of aromatic nitrogens is 3. The van der Waals surface area contributed by atoms with Crippen LogP contribution in [0.3, 0.4) is 0 Å². The summed E-state index contributed by atoms with van der Waals surface area (Å²) in [7, 11) is 0. The zero-order chi connectivity index (χ0) is 22.0. The summed E-state index contributed by atoms with van der Waals surface area (Å²) >= 11 is 0. The Hall–Kier alpha value is -3.56. The molecule has 0 bridgehead atoms.